The van der Waals surface area contributed by atoms with Gasteiger partial charge in [0.15, 0.2) is 0 Å². The van der Waals surface area contributed by atoms with Crippen molar-refractivity contribution in [1.82, 2.24) is 4.90 Å². The highest BCUT2D eigenvalue weighted by Gasteiger charge is 2.29. The molecular formula is C10H18NO2. The van der Waals surface area contributed by atoms with Crippen LogP contribution in [0.4, 0.5) is 0 Å². The van der Waals surface area contributed by atoms with Gasteiger partial charge in [-0.25, -0.2) is 0 Å². The molecule has 2 heterocycles. The van der Waals surface area contributed by atoms with Crippen LogP contribution in [0.5, 0.6) is 0 Å². The van der Waals surface area contributed by atoms with Crippen molar-refractivity contribution in [2.45, 2.75) is 25.8 Å². The fourth-order valence-electron chi connectivity index (χ4n) is 1.92. The van der Waals surface area contributed by atoms with E-state index in [0.717, 1.165) is 45.8 Å². The zero-order valence-corrected chi connectivity index (χ0v) is 8.29. The Hall–Kier alpha value is -0.120. The Morgan fingerprint density at radius 3 is 2.54 bits per heavy atom. The molecule has 2 saturated heterocycles. The molecule has 3 nitrogen and oxygen atoms in total. The molecule has 0 atom stereocenters. The molecule has 0 aromatic rings. The highest BCUT2D eigenvalue weighted by molar-refractivity contribution is 4.90. The van der Waals surface area contributed by atoms with Crippen molar-refractivity contribution in [2.75, 3.05) is 32.9 Å². The first kappa shape index (κ1) is 9.44. The summed E-state index contributed by atoms with van der Waals surface area (Å²) in [4.78, 5) is 2.52. The van der Waals surface area contributed by atoms with Gasteiger partial charge < -0.3 is 9.47 Å². The Bertz CT molecular complexity index is 151. The first-order valence-electron chi connectivity index (χ1n) is 5.19. The molecule has 2 aliphatic heterocycles. The van der Waals surface area contributed by atoms with Crippen molar-refractivity contribution in [3.05, 3.63) is 6.10 Å². The van der Waals surface area contributed by atoms with Crippen molar-refractivity contribution < 1.29 is 9.47 Å². The molecule has 2 aliphatic rings. The third-order valence-corrected chi connectivity index (χ3v) is 2.84. The number of hydrogen-bond acceptors (Lipinski definition) is 3. The van der Waals surface area contributed by atoms with E-state index in [1.165, 1.54) is 6.10 Å². The van der Waals surface area contributed by atoms with Crippen LogP contribution in [0, 0.1) is 6.10 Å². The molecule has 13 heavy (non-hydrogen) atoms. The summed E-state index contributed by atoms with van der Waals surface area (Å²) in [6.07, 6.45) is 3.52. The minimum atomic E-state index is 0.697. The molecule has 0 aromatic carbocycles. The molecule has 3 heteroatoms. The first-order valence-corrected chi connectivity index (χ1v) is 5.19. The Morgan fingerprint density at radius 1 is 1.38 bits per heavy atom. The lowest BCUT2D eigenvalue weighted by atomic mass is 10.0. The first-order chi connectivity index (χ1) is 6.40. The van der Waals surface area contributed by atoms with E-state index in [1.54, 1.807) is 0 Å². The van der Waals surface area contributed by atoms with Gasteiger partial charge in [-0.15, -0.1) is 0 Å². The van der Waals surface area contributed by atoms with Crippen LogP contribution < -0.4 is 0 Å². The zero-order chi connectivity index (χ0) is 9.10. The van der Waals surface area contributed by atoms with Gasteiger partial charge in [-0.2, -0.15) is 0 Å². The normalized spacial score (nSPS) is 27.5. The van der Waals surface area contributed by atoms with Gasteiger partial charge >= 0.3 is 0 Å². The van der Waals surface area contributed by atoms with Crippen molar-refractivity contribution in [1.29, 1.82) is 0 Å². The molecule has 0 saturated carbocycles. The molecular weight excluding hydrogens is 166 g/mol. The van der Waals surface area contributed by atoms with E-state index in [2.05, 4.69) is 11.8 Å². The van der Waals surface area contributed by atoms with E-state index in [4.69, 9.17) is 9.47 Å². The molecule has 0 aliphatic carbocycles. The van der Waals surface area contributed by atoms with E-state index in [0.29, 0.717) is 6.04 Å². The van der Waals surface area contributed by atoms with Crippen LogP contribution in [0.25, 0.3) is 0 Å². The molecule has 1 radical (unpaired) electrons. The molecule has 0 N–H and O–H groups in total. The van der Waals surface area contributed by atoms with Crippen LogP contribution in [-0.4, -0.2) is 43.9 Å². The largest absolute Gasteiger partial charge is 0.378 e. The SMILES string of the molecule is CCO[C]1CCN(C2COC2)CC1. The number of hydrogen-bond donors (Lipinski definition) is 0. The molecule has 0 aromatic heterocycles. The van der Waals surface area contributed by atoms with Crippen LogP contribution in [0.2, 0.25) is 0 Å². The predicted molar refractivity (Wildman–Crippen MR) is 50.3 cm³/mol. The molecule has 0 spiro atoms. The van der Waals surface area contributed by atoms with E-state index >= 15 is 0 Å². The molecule has 0 amide bonds. The minimum absolute atomic E-state index is 0.697. The quantitative estimate of drug-likeness (QED) is 0.654. The van der Waals surface area contributed by atoms with Gasteiger partial charge in [0.25, 0.3) is 0 Å². The fourth-order valence-corrected chi connectivity index (χ4v) is 1.92. The van der Waals surface area contributed by atoms with Gasteiger partial charge in [-0.1, -0.05) is 0 Å². The third-order valence-electron chi connectivity index (χ3n) is 2.84. The van der Waals surface area contributed by atoms with Crippen LogP contribution in [0.3, 0.4) is 0 Å². The van der Waals surface area contributed by atoms with Crippen LogP contribution in [-0.2, 0) is 9.47 Å². The molecule has 0 unspecified atom stereocenters. The maximum atomic E-state index is 5.52. The van der Waals surface area contributed by atoms with Gasteiger partial charge in [-0.05, 0) is 19.8 Å². The average molecular weight is 184 g/mol. The number of rotatable bonds is 3. The topological polar surface area (TPSA) is 21.7 Å². The summed E-state index contributed by atoms with van der Waals surface area (Å²) < 4.78 is 10.7. The Morgan fingerprint density at radius 2 is 2.08 bits per heavy atom. The maximum Gasteiger partial charge on any atom is 0.0995 e. The van der Waals surface area contributed by atoms with E-state index in [9.17, 15) is 0 Å². The number of nitrogens with zero attached hydrogens (tertiary/aromatic N) is 1. The average Bonchev–Trinajstić information content (AvgIpc) is 2.06. The van der Waals surface area contributed by atoms with Gasteiger partial charge in [0.05, 0.1) is 25.4 Å². The fraction of sp³-hybridized carbons (Fsp3) is 0.900. The third kappa shape index (κ3) is 2.22. The minimum Gasteiger partial charge on any atom is -0.378 e. The van der Waals surface area contributed by atoms with Gasteiger partial charge in [0.1, 0.15) is 0 Å². The summed E-state index contributed by atoms with van der Waals surface area (Å²) >= 11 is 0. The molecule has 75 valence electrons. The lowest BCUT2D eigenvalue weighted by molar-refractivity contribution is -0.0746. The van der Waals surface area contributed by atoms with Crippen molar-refractivity contribution in [2.24, 2.45) is 0 Å². The van der Waals surface area contributed by atoms with Crippen LogP contribution in [0.1, 0.15) is 19.8 Å². The lowest BCUT2D eigenvalue weighted by Crippen LogP contribution is -2.51. The predicted octanol–water partition coefficient (Wildman–Crippen LogP) is 1.05. The standard InChI is InChI=1S/C10H18NO2/c1-2-13-10-3-5-11(6-4-10)9-7-12-8-9/h9H,2-8H2,1H3. The second kappa shape index (κ2) is 4.40. The monoisotopic (exact) mass is 184 g/mol. The molecule has 0 bridgehead atoms. The molecule has 2 fully saturated rings. The molecule has 2 rings (SSSR count). The maximum absolute atomic E-state index is 5.52. The summed E-state index contributed by atoms with van der Waals surface area (Å²) in [5.41, 5.74) is 0. The van der Waals surface area contributed by atoms with Gasteiger partial charge in [0.2, 0.25) is 0 Å². The van der Waals surface area contributed by atoms with Crippen molar-refractivity contribution >= 4 is 0 Å². The Balaban J connectivity index is 1.69. The van der Waals surface area contributed by atoms with Crippen LogP contribution >= 0.6 is 0 Å². The summed E-state index contributed by atoms with van der Waals surface area (Å²) in [7, 11) is 0. The highest BCUT2D eigenvalue weighted by atomic mass is 16.5. The summed E-state index contributed by atoms with van der Waals surface area (Å²) in [6.45, 7) is 7.06. The van der Waals surface area contributed by atoms with E-state index in [-0.39, 0.29) is 0 Å². The highest BCUT2D eigenvalue weighted by Crippen LogP contribution is 2.23. The van der Waals surface area contributed by atoms with Gasteiger partial charge in [-0.3, -0.25) is 4.90 Å². The van der Waals surface area contributed by atoms with Crippen LogP contribution in [0.15, 0.2) is 0 Å². The van der Waals surface area contributed by atoms with E-state index in [1.807, 2.05) is 0 Å². The summed E-state index contributed by atoms with van der Waals surface area (Å²) in [6, 6.07) is 0.697. The van der Waals surface area contributed by atoms with Crippen molar-refractivity contribution in [3.63, 3.8) is 0 Å². The lowest BCUT2D eigenvalue weighted by Gasteiger charge is -2.40. The van der Waals surface area contributed by atoms with E-state index < -0.39 is 0 Å². The zero-order valence-electron chi connectivity index (χ0n) is 8.29. The Kier molecular flexibility index (Phi) is 3.19. The van der Waals surface area contributed by atoms with Crippen molar-refractivity contribution in [3.8, 4) is 0 Å². The number of piperidine rings is 1. The number of ether oxygens (including phenoxy) is 2. The Labute approximate surface area is 80.0 Å². The number of likely N-dealkylation sites (tertiary alicyclic amines) is 1. The second-order valence-electron chi connectivity index (χ2n) is 3.70. The summed E-state index contributed by atoms with van der Waals surface area (Å²) in [5.74, 6) is 0. The smallest absolute Gasteiger partial charge is 0.0995 e. The summed E-state index contributed by atoms with van der Waals surface area (Å²) in [5, 5.41) is 0. The van der Waals surface area contributed by atoms with Gasteiger partial charge in [0, 0.05) is 19.7 Å². The second-order valence-corrected chi connectivity index (χ2v) is 3.70.